The summed E-state index contributed by atoms with van der Waals surface area (Å²) in [5.41, 5.74) is 1.82. The fourth-order valence-corrected chi connectivity index (χ4v) is 3.44. The summed E-state index contributed by atoms with van der Waals surface area (Å²) >= 11 is 0. The van der Waals surface area contributed by atoms with Gasteiger partial charge in [-0.3, -0.25) is 4.79 Å². The SMILES string of the molecule is C[C@H](C(=O)O)c1ccc2cc(OCCCCCCc3ccc(O)c(O)c3)ccc2c1. The standard InChI is InChI=1S/C25H28O5/c1-17(25(28)29)19-8-9-21-16-22(11-10-20(21)15-19)30-13-5-3-2-4-6-18-7-12-23(26)24(27)14-18/h7-12,14-17,26-27H,2-6,13H2,1H3,(H,28,29)/t17-/m0/s1. The number of phenols is 2. The number of fused-ring (bicyclic) bond motifs is 1. The third-order valence-corrected chi connectivity index (χ3v) is 5.37. The number of carboxylic acids is 1. The number of unbranched alkanes of at least 4 members (excludes halogenated alkanes) is 3. The number of hydrogen-bond donors (Lipinski definition) is 3. The van der Waals surface area contributed by atoms with Crippen molar-refractivity contribution in [1.82, 2.24) is 0 Å². The maximum atomic E-state index is 11.2. The van der Waals surface area contributed by atoms with Crippen LogP contribution in [0.5, 0.6) is 17.2 Å². The Kier molecular flexibility index (Phi) is 7.17. The molecule has 0 spiro atoms. The Balaban J connectivity index is 1.40. The topological polar surface area (TPSA) is 87.0 Å². The van der Waals surface area contributed by atoms with Gasteiger partial charge in [0.25, 0.3) is 0 Å². The van der Waals surface area contributed by atoms with E-state index in [2.05, 4.69) is 0 Å². The van der Waals surface area contributed by atoms with Crippen LogP contribution in [0.3, 0.4) is 0 Å². The average molecular weight is 408 g/mol. The van der Waals surface area contributed by atoms with Crippen LogP contribution >= 0.6 is 0 Å². The van der Waals surface area contributed by atoms with Crippen molar-refractivity contribution in [2.75, 3.05) is 6.61 Å². The Morgan fingerprint density at radius 3 is 2.37 bits per heavy atom. The maximum absolute atomic E-state index is 11.2. The summed E-state index contributed by atoms with van der Waals surface area (Å²) in [6.07, 6.45) is 5.01. The van der Waals surface area contributed by atoms with Crippen molar-refractivity contribution in [3.05, 3.63) is 65.7 Å². The Bertz CT molecular complexity index is 1010. The van der Waals surface area contributed by atoms with E-state index in [0.717, 1.165) is 59.8 Å². The lowest BCUT2D eigenvalue weighted by atomic mass is 9.98. The Labute approximate surface area is 176 Å². The number of hydrogen-bond acceptors (Lipinski definition) is 4. The highest BCUT2D eigenvalue weighted by atomic mass is 16.5. The third-order valence-electron chi connectivity index (χ3n) is 5.37. The number of benzene rings is 3. The van der Waals surface area contributed by atoms with E-state index in [0.29, 0.717) is 6.61 Å². The first kappa shape index (κ1) is 21.5. The van der Waals surface area contributed by atoms with E-state index in [1.165, 1.54) is 6.07 Å². The molecule has 0 heterocycles. The molecule has 5 heteroatoms. The van der Waals surface area contributed by atoms with Gasteiger partial charge in [0.1, 0.15) is 5.75 Å². The van der Waals surface area contributed by atoms with Gasteiger partial charge in [-0.2, -0.15) is 0 Å². The van der Waals surface area contributed by atoms with Gasteiger partial charge in [-0.15, -0.1) is 0 Å². The van der Waals surface area contributed by atoms with Crippen molar-refractivity contribution in [3.63, 3.8) is 0 Å². The van der Waals surface area contributed by atoms with Crippen molar-refractivity contribution in [1.29, 1.82) is 0 Å². The molecule has 0 aromatic heterocycles. The van der Waals surface area contributed by atoms with Crippen LogP contribution in [0, 0.1) is 0 Å². The highest BCUT2D eigenvalue weighted by Crippen LogP contribution is 2.27. The molecule has 3 aromatic carbocycles. The van der Waals surface area contributed by atoms with Gasteiger partial charge in [0.15, 0.2) is 11.5 Å². The van der Waals surface area contributed by atoms with Crippen LogP contribution in [0.2, 0.25) is 0 Å². The molecule has 0 aliphatic carbocycles. The first-order valence-corrected chi connectivity index (χ1v) is 10.3. The van der Waals surface area contributed by atoms with E-state index in [4.69, 9.17) is 9.84 Å². The van der Waals surface area contributed by atoms with E-state index in [1.807, 2.05) is 42.5 Å². The minimum Gasteiger partial charge on any atom is -0.504 e. The van der Waals surface area contributed by atoms with Gasteiger partial charge in [-0.1, -0.05) is 43.2 Å². The fourth-order valence-electron chi connectivity index (χ4n) is 3.44. The van der Waals surface area contributed by atoms with Crippen LogP contribution in [0.15, 0.2) is 54.6 Å². The summed E-state index contributed by atoms with van der Waals surface area (Å²) in [6.45, 7) is 2.34. The molecule has 0 fully saturated rings. The molecule has 1 atom stereocenters. The van der Waals surface area contributed by atoms with Crippen molar-refractivity contribution in [2.45, 2.75) is 44.9 Å². The first-order chi connectivity index (χ1) is 14.4. The first-order valence-electron chi connectivity index (χ1n) is 10.3. The molecule has 3 N–H and O–H groups in total. The van der Waals surface area contributed by atoms with Crippen molar-refractivity contribution in [2.24, 2.45) is 0 Å². The molecule has 0 aliphatic heterocycles. The molecule has 0 saturated carbocycles. The Hall–Kier alpha value is -3.21. The van der Waals surface area contributed by atoms with E-state index in [-0.39, 0.29) is 11.5 Å². The maximum Gasteiger partial charge on any atom is 0.310 e. The lowest BCUT2D eigenvalue weighted by molar-refractivity contribution is -0.138. The summed E-state index contributed by atoms with van der Waals surface area (Å²) < 4.78 is 5.87. The molecule has 0 unspecified atom stereocenters. The monoisotopic (exact) mass is 408 g/mol. The van der Waals surface area contributed by atoms with Gasteiger partial charge in [-0.25, -0.2) is 0 Å². The summed E-state index contributed by atoms with van der Waals surface area (Å²) in [7, 11) is 0. The predicted molar refractivity (Wildman–Crippen MR) is 117 cm³/mol. The predicted octanol–water partition coefficient (Wildman–Crippen LogP) is 5.62. The molecule has 0 amide bonds. The summed E-state index contributed by atoms with van der Waals surface area (Å²) in [6, 6.07) is 16.6. The summed E-state index contributed by atoms with van der Waals surface area (Å²) in [5, 5.41) is 30.1. The quantitative estimate of drug-likeness (QED) is 0.299. The van der Waals surface area contributed by atoms with E-state index in [9.17, 15) is 15.0 Å². The molecule has 0 aliphatic rings. The second-order valence-electron chi connectivity index (χ2n) is 7.66. The zero-order valence-electron chi connectivity index (χ0n) is 17.2. The van der Waals surface area contributed by atoms with Gasteiger partial charge >= 0.3 is 5.97 Å². The van der Waals surface area contributed by atoms with Gasteiger partial charge in [-0.05, 0) is 72.4 Å². The number of aryl methyl sites for hydroxylation is 1. The minimum atomic E-state index is -0.824. The number of phenolic OH excluding ortho intramolecular Hbond substituents is 2. The molecular formula is C25H28O5. The normalized spacial score (nSPS) is 12.0. The fraction of sp³-hybridized carbons (Fsp3) is 0.320. The van der Waals surface area contributed by atoms with E-state index in [1.54, 1.807) is 13.0 Å². The number of aliphatic carboxylic acids is 1. The number of carboxylic acid groups (broad SMARTS) is 1. The molecule has 0 saturated heterocycles. The number of aromatic hydroxyl groups is 2. The lowest BCUT2D eigenvalue weighted by Gasteiger charge is -2.10. The van der Waals surface area contributed by atoms with Crippen LogP contribution < -0.4 is 4.74 Å². The molecule has 158 valence electrons. The molecule has 30 heavy (non-hydrogen) atoms. The number of carbonyl (C=O) groups is 1. The molecule has 5 nitrogen and oxygen atoms in total. The molecule has 3 rings (SSSR count). The third kappa shape index (κ3) is 5.66. The van der Waals surface area contributed by atoms with Gasteiger partial charge in [0.05, 0.1) is 12.5 Å². The molecule has 3 aromatic rings. The Morgan fingerprint density at radius 2 is 1.60 bits per heavy atom. The summed E-state index contributed by atoms with van der Waals surface area (Å²) in [5.74, 6) is -0.676. The van der Waals surface area contributed by atoms with Gasteiger partial charge < -0.3 is 20.1 Å². The second kappa shape index (κ2) is 10.0. The van der Waals surface area contributed by atoms with Crippen molar-refractivity contribution >= 4 is 16.7 Å². The Morgan fingerprint density at radius 1 is 0.867 bits per heavy atom. The van der Waals surface area contributed by atoms with Gasteiger partial charge in [0, 0.05) is 0 Å². The largest absolute Gasteiger partial charge is 0.504 e. The van der Waals surface area contributed by atoms with Crippen LogP contribution in [0.1, 0.15) is 49.7 Å². The number of rotatable bonds is 10. The average Bonchev–Trinajstić information content (AvgIpc) is 2.74. The molecule has 0 radical (unpaired) electrons. The highest BCUT2D eigenvalue weighted by Gasteiger charge is 2.13. The number of ether oxygens (including phenoxy) is 1. The van der Waals surface area contributed by atoms with Crippen LogP contribution in [-0.2, 0) is 11.2 Å². The van der Waals surface area contributed by atoms with Crippen molar-refractivity contribution in [3.8, 4) is 17.2 Å². The van der Waals surface area contributed by atoms with E-state index >= 15 is 0 Å². The highest BCUT2D eigenvalue weighted by molar-refractivity contribution is 5.86. The van der Waals surface area contributed by atoms with Crippen LogP contribution in [-0.4, -0.2) is 27.9 Å². The smallest absolute Gasteiger partial charge is 0.310 e. The lowest BCUT2D eigenvalue weighted by Crippen LogP contribution is -2.07. The van der Waals surface area contributed by atoms with Crippen LogP contribution in [0.25, 0.3) is 10.8 Å². The van der Waals surface area contributed by atoms with Gasteiger partial charge in [0.2, 0.25) is 0 Å². The molecule has 0 bridgehead atoms. The van der Waals surface area contributed by atoms with Crippen molar-refractivity contribution < 1.29 is 24.9 Å². The van der Waals surface area contributed by atoms with Crippen LogP contribution in [0.4, 0.5) is 0 Å². The second-order valence-corrected chi connectivity index (χ2v) is 7.66. The van der Waals surface area contributed by atoms with E-state index < -0.39 is 11.9 Å². The minimum absolute atomic E-state index is 0.0658. The molecular weight excluding hydrogens is 380 g/mol. The summed E-state index contributed by atoms with van der Waals surface area (Å²) in [4.78, 5) is 11.2. The zero-order valence-corrected chi connectivity index (χ0v) is 17.2. The zero-order chi connectivity index (χ0) is 21.5.